The lowest BCUT2D eigenvalue weighted by atomic mass is 10.1. The van der Waals surface area contributed by atoms with Crippen LogP contribution in [0, 0.1) is 0 Å². The highest BCUT2D eigenvalue weighted by Gasteiger charge is 2.28. The van der Waals surface area contributed by atoms with E-state index in [9.17, 15) is 19.2 Å². The molecule has 41 heavy (non-hydrogen) atoms. The van der Waals surface area contributed by atoms with E-state index < -0.39 is 29.7 Å². The number of aryl methyl sites for hydroxylation is 1. The molecule has 0 aliphatic carbocycles. The summed E-state index contributed by atoms with van der Waals surface area (Å²) in [5.74, 6) is -0.235. The van der Waals surface area contributed by atoms with E-state index in [1.807, 2.05) is 19.9 Å². The standard InChI is InChI=1S/C29H37N7O5/c1-18(2)12-14-35-24-25(32-28(35)34-13-6-8-19(30)16-34)33(3)29(40)36(27(24)39)17-22(37)20-9-4-5-10-21(20)31-26(38)23-11-7-15-41-23/h4-5,9-10,12,19,23H,6-8,11,13-17,30H2,1-3H3,(H,31,38). The Labute approximate surface area is 237 Å². The van der Waals surface area contributed by atoms with Crippen LogP contribution in [0.4, 0.5) is 11.6 Å². The van der Waals surface area contributed by atoms with Crippen LogP contribution in [-0.4, -0.2) is 62.2 Å². The average molecular weight is 564 g/mol. The van der Waals surface area contributed by atoms with E-state index in [1.54, 1.807) is 35.9 Å². The molecule has 1 amide bonds. The normalized spacial score (nSPS) is 19.0. The number of nitrogens with zero attached hydrogens (tertiary/aromatic N) is 5. The van der Waals surface area contributed by atoms with Crippen molar-refractivity contribution in [3.63, 3.8) is 0 Å². The fourth-order valence-corrected chi connectivity index (χ4v) is 5.44. The van der Waals surface area contributed by atoms with E-state index in [4.69, 9.17) is 15.5 Å². The van der Waals surface area contributed by atoms with Gasteiger partial charge in [0.1, 0.15) is 6.10 Å². The summed E-state index contributed by atoms with van der Waals surface area (Å²) in [6.07, 6.45) is 4.63. The molecule has 3 aromatic rings. The summed E-state index contributed by atoms with van der Waals surface area (Å²) in [6, 6.07) is 6.55. The molecule has 12 nitrogen and oxygen atoms in total. The predicted octanol–water partition coefficient (Wildman–Crippen LogP) is 1.79. The topological polar surface area (TPSA) is 146 Å². The molecule has 12 heteroatoms. The molecule has 2 aliphatic heterocycles. The van der Waals surface area contributed by atoms with Crippen molar-refractivity contribution in [3.05, 3.63) is 62.3 Å². The number of hydrogen-bond donors (Lipinski definition) is 2. The SMILES string of the molecule is CC(C)=CCn1c(N2CCCC(N)C2)nc2c1c(=O)n(CC(=O)c1ccccc1NC(=O)C1CCCO1)c(=O)n2C. The number of Topliss-reactive ketones (excluding diaryl/α,β-unsaturated/α-hetero) is 1. The molecule has 5 rings (SSSR count). The largest absolute Gasteiger partial charge is 0.368 e. The van der Waals surface area contributed by atoms with Gasteiger partial charge in [0.15, 0.2) is 16.9 Å². The summed E-state index contributed by atoms with van der Waals surface area (Å²) >= 11 is 0. The van der Waals surface area contributed by atoms with Gasteiger partial charge in [0.2, 0.25) is 5.95 Å². The third-order valence-electron chi connectivity index (χ3n) is 7.64. The van der Waals surface area contributed by atoms with Gasteiger partial charge in [-0.15, -0.1) is 0 Å². The predicted molar refractivity (Wildman–Crippen MR) is 156 cm³/mol. The van der Waals surface area contributed by atoms with Crippen LogP contribution in [0.3, 0.4) is 0 Å². The molecule has 0 spiro atoms. The van der Waals surface area contributed by atoms with E-state index in [1.165, 1.54) is 4.57 Å². The number of anilines is 2. The maximum atomic E-state index is 13.9. The molecule has 2 aliphatic rings. The van der Waals surface area contributed by atoms with Crippen molar-refractivity contribution in [1.29, 1.82) is 0 Å². The number of ketones is 1. The highest BCUT2D eigenvalue weighted by molar-refractivity contribution is 6.05. The summed E-state index contributed by atoms with van der Waals surface area (Å²) in [4.78, 5) is 60.3. The van der Waals surface area contributed by atoms with Crippen molar-refractivity contribution in [2.45, 2.75) is 64.8 Å². The Morgan fingerprint density at radius 1 is 1.15 bits per heavy atom. The summed E-state index contributed by atoms with van der Waals surface area (Å²) < 4.78 is 9.51. The molecule has 2 fully saturated rings. The maximum Gasteiger partial charge on any atom is 0.332 e. The molecule has 3 N–H and O–H groups in total. The molecule has 218 valence electrons. The monoisotopic (exact) mass is 563 g/mol. The van der Waals surface area contributed by atoms with Crippen LogP contribution >= 0.6 is 0 Å². The van der Waals surface area contributed by atoms with Gasteiger partial charge in [-0.25, -0.2) is 4.79 Å². The number of rotatable bonds is 8. The Hall–Kier alpha value is -4.03. The van der Waals surface area contributed by atoms with Gasteiger partial charge in [0, 0.05) is 44.9 Å². The van der Waals surface area contributed by atoms with Crippen LogP contribution in [0.15, 0.2) is 45.5 Å². The minimum absolute atomic E-state index is 0.0145. The molecule has 2 atom stereocenters. The average Bonchev–Trinajstić information content (AvgIpc) is 3.62. The van der Waals surface area contributed by atoms with Crippen LogP contribution in [0.5, 0.6) is 0 Å². The number of nitrogens with two attached hydrogens (primary N) is 1. The molecule has 1 aromatic carbocycles. The van der Waals surface area contributed by atoms with Gasteiger partial charge >= 0.3 is 5.69 Å². The number of imidazole rings is 1. The molecule has 2 aromatic heterocycles. The second kappa shape index (κ2) is 11.8. The number of allylic oxidation sites excluding steroid dienone is 2. The fraction of sp³-hybridized carbons (Fsp3) is 0.483. The molecular formula is C29H37N7O5. The highest BCUT2D eigenvalue weighted by atomic mass is 16.5. The van der Waals surface area contributed by atoms with E-state index in [-0.39, 0.29) is 28.7 Å². The summed E-state index contributed by atoms with van der Waals surface area (Å²) in [5.41, 5.74) is 7.07. The highest BCUT2D eigenvalue weighted by Crippen LogP contribution is 2.24. The number of amides is 1. The number of nitrogens with one attached hydrogen (secondary N) is 1. The van der Waals surface area contributed by atoms with Crippen molar-refractivity contribution in [1.82, 2.24) is 18.7 Å². The van der Waals surface area contributed by atoms with Gasteiger partial charge < -0.3 is 25.3 Å². The molecule has 2 unspecified atom stereocenters. The van der Waals surface area contributed by atoms with Crippen LogP contribution in [-0.2, 0) is 29.7 Å². The lowest BCUT2D eigenvalue weighted by Gasteiger charge is -2.31. The first kappa shape index (κ1) is 28.5. The van der Waals surface area contributed by atoms with E-state index in [0.717, 1.165) is 35.9 Å². The van der Waals surface area contributed by atoms with Gasteiger partial charge in [-0.05, 0) is 51.7 Å². The first-order valence-electron chi connectivity index (χ1n) is 14.0. The number of aromatic nitrogens is 4. The van der Waals surface area contributed by atoms with Gasteiger partial charge in [0.05, 0.1) is 12.2 Å². The number of piperidine rings is 1. The number of ether oxygens (including phenoxy) is 1. The number of benzene rings is 1. The number of carbonyl (C=O) groups excluding carboxylic acids is 2. The van der Waals surface area contributed by atoms with Crippen molar-refractivity contribution >= 4 is 34.5 Å². The smallest absolute Gasteiger partial charge is 0.332 e. The minimum atomic E-state index is -0.648. The van der Waals surface area contributed by atoms with Crippen molar-refractivity contribution in [3.8, 4) is 0 Å². The van der Waals surface area contributed by atoms with Crippen LogP contribution in [0.2, 0.25) is 0 Å². The fourth-order valence-electron chi connectivity index (χ4n) is 5.44. The van der Waals surface area contributed by atoms with Gasteiger partial charge in [-0.1, -0.05) is 23.8 Å². The zero-order chi connectivity index (χ0) is 29.3. The zero-order valence-corrected chi connectivity index (χ0v) is 23.8. The molecule has 0 bridgehead atoms. The van der Waals surface area contributed by atoms with Gasteiger partial charge in [0.25, 0.3) is 11.5 Å². The zero-order valence-electron chi connectivity index (χ0n) is 23.8. The van der Waals surface area contributed by atoms with E-state index >= 15 is 0 Å². The third-order valence-corrected chi connectivity index (χ3v) is 7.64. The first-order valence-corrected chi connectivity index (χ1v) is 14.0. The molecule has 0 saturated carbocycles. The van der Waals surface area contributed by atoms with Crippen molar-refractivity contribution < 1.29 is 14.3 Å². The molecule has 4 heterocycles. The molecule has 0 radical (unpaired) electrons. The number of fused-ring (bicyclic) bond motifs is 1. The maximum absolute atomic E-state index is 13.9. The Morgan fingerprint density at radius 3 is 2.63 bits per heavy atom. The molecule has 2 saturated heterocycles. The van der Waals surface area contributed by atoms with Crippen LogP contribution in [0.25, 0.3) is 11.2 Å². The Bertz CT molecular complexity index is 1620. The molecular weight excluding hydrogens is 526 g/mol. The minimum Gasteiger partial charge on any atom is -0.368 e. The summed E-state index contributed by atoms with van der Waals surface area (Å²) in [5, 5.41) is 2.78. The number of carbonyl (C=O) groups is 2. The van der Waals surface area contributed by atoms with Gasteiger partial charge in [-0.2, -0.15) is 4.98 Å². The lowest BCUT2D eigenvalue weighted by molar-refractivity contribution is -0.124. The Kier molecular flexibility index (Phi) is 8.22. The summed E-state index contributed by atoms with van der Waals surface area (Å²) in [7, 11) is 1.55. The third kappa shape index (κ3) is 5.75. The summed E-state index contributed by atoms with van der Waals surface area (Å²) in [6.45, 7) is 5.66. The number of para-hydroxylation sites is 1. The second-order valence-corrected chi connectivity index (χ2v) is 11.0. The van der Waals surface area contributed by atoms with Crippen molar-refractivity contribution in [2.24, 2.45) is 12.8 Å². The van der Waals surface area contributed by atoms with E-state index in [0.29, 0.717) is 37.8 Å². The number of hydrogen-bond acceptors (Lipinski definition) is 8. The Balaban J connectivity index is 1.55. The first-order chi connectivity index (χ1) is 19.7. The van der Waals surface area contributed by atoms with Crippen LogP contribution < -0.4 is 27.2 Å². The van der Waals surface area contributed by atoms with E-state index in [2.05, 4.69) is 10.2 Å². The lowest BCUT2D eigenvalue weighted by Crippen LogP contribution is -2.44. The Morgan fingerprint density at radius 2 is 1.93 bits per heavy atom. The van der Waals surface area contributed by atoms with Crippen molar-refractivity contribution in [2.75, 3.05) is 29.9 Å². The van der Waals surface area contributed by atoms with Crippen LogP contribution in [0.1, 0.15) is 49.9 Å². The quantitative estimate of drug-likeness (QED) is 0.312. The second-order valence-electron chi connectivity index (χ2n) is 11.0. The van der Waals surface area contributed by atoms with Gasteiger partial charge in [-0.3, -0.25) is 23.5 Å².